The van der Waals surface area contributed by atoms with Crippen LogP contribution in [-0.4, -0.2) is 14.4 Å². The zero-order valence-electron chi connectivity index (χ0n) is 17.0. The van der Waals surface area contributed by atoms with Crippen molar-refractivity contribution < 1.29 is 0 Å². The van der Waals surface area contributed by atoms with Crippen molar-refractivity contribution >= 4 is 26.5 Å². The van der Waals surface area contributed by atoms with Gasteiger partial charge in [0.2, 0.25) is 4.96 Å². The normalized spacial score (nSPS) is 11.2. The first-order chi connectivity index (χ1) is 15.8. The maximum Gasteiger partial charge on any atom is 0.356 e. The zero-order valence-corrected chi connectivity index (χ0v) is 17.8. The second-order valence-corrected chi connectivity index (χ2v) is 8.50. The van der Waals surface area contributed by atoms with Crippen LogP contribution in [-0.2, 0) is 0 Å². The first-order valence-corrected chi connectivity index (χ1v) is 11.1. The van der Waals surface area contributed by atoms with E-state index in [0.29, 0.717) is 10.8 Å². The van der Waals surface area contributed by atoms with E-state index >= 15 is 0 Å². The summed E-state index contributed by atoms with van der Waals surface area (Å²) in [4.78, 5) is 22.9. The minimum absolute atomic E-state index is 0.315. The predicted octanol–water partition coefficient (Wildman–Crippen LogP) is 6.31. The molecule has 0 atom stereocenters. The van der Waals surface area contributed by atoms with Gasteiger partial charge in [0.15, 0.2) is 5.82 Å². The highest BCUT2D eigenvalue weighted by molar-refractivity contribution is 7.24. The van der Waals surface area contributed by atoms with Gasteiger partial charge in [0.1, 0.15) is 0 Å². The Balaban J connectivity index is 1.69. The SMILES string of the molecule is O=c1nc(-c2ccccc2)nc2sc3c(-c4ccccc4)cc(-c4ccccc4)cc3n12. The Labute approximate surface area is 188 Å². The van der Waals surface area contributed by atoms with Crippen LogP contribution in [0.2, 0.25) is 0 Å². The second-order valence-electron chi connectivity index (χ2n) is 7.52. The lowest BCUT2D eigenvalue weighted by Crippen LogP contribution is -2.17. The van der Waals surface area contributed by atoms with E-state index in [9.17, 15) is 4.79 Å². The average Bonchev–Trinajstić information content (AvgIpc) is 3.24. The summed E-state index contributed by atoms with van der Waals surface area (Å²) < 4.78 is 2.65. The van der Waals surface area contributed by atoms with E-state index in [4.69, 9.17) is 4.98 Å². The van der Waals surface area contributed by atoms with E-state index < -0.39 is 0 Å². The third-order valence-electron chi connectivity index (χ3n) is 5.51. The number of fused-ring (bicyclic) bond motifs is 3. The molecule has 0 bridgehead atoms. The first-order valence-electron chi connectivity index (χ1n) is 10.3. The summed E-state index contributed by atoms with van der Waals surface area (Å²) in [5.41, 5.74) is 5.68. The monoisotopic (exact) mass is 431 g/mol. The van der Waals surface area contributed by atoms with E-state index in [2.05, 4.69) is 41.4 Å². The van der Waals surface area contributed by atoms with E-state index in [1.165, 1.54) is 11.3 Å². The molecule has 0 radical (unpaired) electrons. The highest BCUT2D eigenvalue weighted by Crippen LogP contribution is 2.38. The molecular weight excluding hydrogens is 414 g/mol. The van der Waals surface area contributed by atoms with Crippen LogP contribution in [0.3, 0.4) is 0 Å². The van der Waals surface area contributed by atoms with Gasteiger partial charge in [0.25, 0.3) is 0 Å². The fourth-order valence-electron chi connectivity index (χ4n) is 3.99. The van der Waals surface area contributed by atoms with Crippen molar-refractivity contribution in [3.8, 4) is 33.6 Å². The Morgan fingerprint density at radius 3 is 1.88 bits per heavy atom. The number of benzene rings is 4. The molecule has 6 rings (SSSR count). The average molecular weight is 432 g/mol. The molecule has 32 heavy (non-hydrogen) atoms. The van der Waals surface area contributed by atoms with Crippen LogP contribution < -0.4 is 5.69 Å². The molecule has 4 aromatic carbocycles. The van der Waals surface area contributed by atoms with Crippen LogP contribution in [0, 0.1) is 0 Å². The predicted molar refractivity (Wildman–Crippen MR) is 131 cm³/mol. The van der Waals surface area contributed by atoms with E-state index in [-0.39, 0.29) is 5.69 Å². The molecule has 2 heterocycles. The summed E-state index contributed by atoms with van der Waals surface area (Å²) in [5.74, 6) is 0.451. The Morgan fingerprint density at radius 2 is 1.22 bits per heavy atom. The molecule has 2 aromatic heterocycles. The fraction of sp³-hybridized carbons (Fsp3) is 0. The lowest BCUT2D eigenvalue weighted by atomic mass is 9.98. The third-order valence-corrected chi connectivity index (χ3v) is 6.60. The Morgan fingerprint density at radius 1 is 0.625 bits per heavy atom. The second kappa shape index (κ2) is 7.55. The van der Waals surface area contributed by atoms with Gasteiger partial charge in [0, 0.05) is 11.1 Å². The Kier molecular flexibility index (Phi) is 4.40. The van der Waals surface area contributed by atoms with Gasteiger partial charge in [-0.1, -0.05) is 102 Å². The van der Waals surface area contributed by atoms with E-state index in [1.807, 2.05) is 66.7 Å². The van der Waals surface area contributed by atoms with Crippen molar-refractivity contribution in [1.82, 2.24) is 14.4 Å². The largest absolute Gasteiger partial charge is 0.356 e. The summed E-state index contributed by atoms with van der Waals surface area (Å²) in [6, 6.07) is 34.3. The van der Waals surface area contributed by atoms with Gasteiger partial charge in [-0.3, -0.25) is 0 Å². The maximum atomic E-state index is 13.2. The van der Waals surface area contributed by atoms with Crippen molar-refractivity contribution in [3.05, 3.63) is 114 Å². The molecule has 0 saturated heterocycles. The fourth-order valence-corrected chi connectivity index (χ4v) is 5.11. The third kappa shape index (κ3) is 3.11. The summed E-state index contributed by atoms with van der Waals surface area (Å²) in [6.45, 7) is 0. The van der Waals surface area contributed by atoms with E-state index in [0.717, 1.165) is 38.0 Å². The number of nitrogens with zero attached hydrogens (tertiary/aromatic N) is 3. The molecule has 152 valence electrons. The molecule has 0 saturated carbocycles. The highest BCUT2D eigenvalue weighted by atomic mass is 32.1. The van der Waals surface area contributed by atoms with Crippen LogP contribution in [0.4, 0.5) is 0 Å². The molecule has 0 aliphatic carbocycles. The van der Waals surface area contributed by atoms with Gasteiger partial charge in [0.05, 0.1) is 10.2 Å². The minimum atomic E-state index is -0.315. The number of thiazole rings is 1. The maximum absolute atomic E-state index is 13.2. The molecule has 0 amide bonds. The molecule has 0 spiro atoms. The minimum Gasteiger partial charge on any atom is -0.245 e. The van der Waals surface area contributed by atoms with Gasteiger partial charge < -0.3 is 0 Å². The van der Waals surface area contributed by atoms with Gasteiger partial charge in [-0.25, -0.2) is 9.20 Å². The molecule has 0 aliphatic heterocycles. The number of hydrogen-bond donors (Lipinski definition) is 0. The lowest BCUT2D eigenvalue weighted by Gasteiger charge is -2.08. The van der Waals surface area contributed by atoms with E-state index in [1.54, 1.807) is 4.40 Å². The van der Waals surface area contributed by atoms with Gasteiger partial charge in [-0.15, -0.1) is 0 Å². The molecule has 4 nitrogen and oxygen atoms in total. The van der Waals surface area contributed by atoms with Crippen molar-refractivity contribution in [3.63, 3.8) is 0 Å². The molecular formula is C27H17N3OS. The lowest BCUT2D eigenvalue weighted by molar-refractivity contribution is 0.993. The molecule has 0 unspecified atom stereocenters. The van der Waals surface area contributed by atoms with Gasteiger partial charge >= 0.3 is 5.69 Å². The van der Waals surface area contributed by atoms with Crippen molar-refractivity contribution in [2.24, 2.45) is 0 Å². The molecule has 0 fully saturated rings. The molecule has 0 N–H and O–H groups in total. The van der Waals surface area contributed by atoms with Crippen LogP contribution in [0.15, 0.2) is 108 Å². The standard InChI is InChI=1S/C27H17N3OS/c31-26-28-25(20-14-8-3-9-15-20)29-27-30(26)23-17-21(18-10-4-1-5-11-18)16-22(24(23)32-27)19-12-6-2-7-13-19/h1-17H. The molecule has 5 heteroatoms. The Hall–Kier alpha value is -4.09. The number of rotatable bonds is 3. The van der Waals surface area contributed by atoms with Crippen molar-refractivity contribution in [2.75, 3.05) is 0 Å². The number of aromatic nitrogens is 3. The zero-order chi connectivity index (χ0) is 21.5. The quantitative estimate of drug-likeness (QED) is 0.330. The van der Waals surface area contributed by atoms with Crippen LogP contribution >= 0.6 is 11.3 Å². The van der Waals surface area contributed by atoms with Crippen molar-refractivity contribution in [2.45, 2.75) is 0 Å². The number of hydrogen-bond acceptors (Lipinski definition) is 4. The first kappa shape index (κ1) is 18.7. The summed E-state index contributed by atoms with van der Waals surface area (Å²) in [6.07, 6.45) is 0. The van der Waals surface area contributed by atoms with Crippen molar-refractivity contribution in [1.29, 1.82) is 0 Å². The highest BCUT2D eigenvalue weighted by Gasteiger charge is 2.17. The Bertz CT molecular complexity index is 1620. The van der Waals surface area contributed by atoms with Crippen LogP contribution in [0.25, 0.3) is 48.8 Å². The van der Waals surface area contributed by atoms with Gasteiger partial charge in [-0.05, 0) is 28.8 Å². The van der Waals surface area contributed by atoms with Crippen LogP contribution in [0.1, 0.15) is 0 Å². The topological polar surface area (TPSA) is 47.3 Å². The van der Waals surface area contributed by atoms with Gasteiger partial charge in [-0.2, -0.15) is 9.97 Å². The smallest absolute Gasteiger partial charge is 0.245 e. The molecule has 6 aromatic rings. The summed E-state index contributed by atoms with van der Waals surface area (Å²) in [7, 11) is 0. The summed E-state index contributed by atoms with van der Waals surface area (Å²) in [5, 5.41) is 0. The summed E-state index contributed by atoms with van der Waals surface area (Å²) >= 11 is 1.52. The molecule has 0 aliphatic rings. The van der Waals surface area contributed by atoms with Crippen LogP contribution in [0.5, 0.6) is 0 Å².